The molecular formula is C30H38N6O7. The van der Waals surface area contributed by atoms with Crippen LogP contribution in [-0.4, -0.2) is 69.0 Å². The van der Waals surface area contributed by atoms with Crippen LogP contribution in [-0.2, 0) is 36.8 Å². The minimum atomic E-state index is -1.32. The van der Waals surface area contributed by atoms with Crippen molar-refractivity contribution in [3.8, 4) is 5.75 Å². The lowest BCUT2D eigenvalue weighted by atomic mass is 9.96. The minimum absolute atomic E-state index is 0.00491. The molecule has 13 heteroatoms. The van der Waals surface area contributed by atoms with Crippen LogP contribution < -0.4 is 27.4 Å². The van der Waals surface area contributed by atoms with Crippen LogP contribution in [0.3, 0.4) is 0 Å². The first-order valence-electron chi connectivity index (χ1n) is 13.9. The van der Waals surface area contributed by atoms with E-state index in [1.165, 1.54) is 12.1 Å². The monoisotopic (exact) mass is 594 g/mol. The zero-order valence-corrected chi connectivity index (χ0v) is 24.0. The smallest absolute Gasteiger partial charge is 0.326 e. The molecule has 0 aliphatic heterocycles. The number of primary amides is 1. The van der Waals surface area contributed by atoms with Crippen molar-refractivity contribution in [2.45, 2.75) is 63.7 Å². The molecular weight excluding hydrogens is 556 g/mol. The van der Waals surface area contributed by atoms with Crippen LogP contribution in [0.25, 0.3) is 10.9 Å². The molecule has 43 heavy (non-hydrogen) atoms. The van der Waals surface area contributed by atoms with Crippen LogP contribution in [0.2, 0.25) is 0 Å². The zero-order valence-electron chi connectivity index (χ0n) is 24.0. The van der Waals surface area contributed by atoms with Crippen molar-refractivity contribution in [1.82, 2.24) is 20.9 Å². The van der Waals surface area contributed by atoms with Gasteiger partial charge in [-0.25, -0.2) is 4.79 Å². The van der Waals surface area contributed by atoms with Gasteiger partial charge in [-0.05, 0) is 35.2 Å². The van der Waals surface area contributed by atoms with E-state index in [2.05, 4.69) is 20.9 Å². The molecule has 230 valence electrons. The van der Waals surface area contributed by atoms with E-state index in [9.17, 15) is 34.2 Å². The van der Waals surface area contributed by atoms with Crippen molar-refractivity contribution >= 4 is 40.5 Å². The summed E-state index contributed by atoms with van der Waals surface area (Å²) in [7, 11) is 0. The summed E-state index contributed by atoms with van der Waals surface area (Å²) in [5.74, 6) is -4.64. The van der Waals surface area contributed by atoms with Crippen molar-refractivity contribution in [3.05, 3.63) is 65.9 Å². The van der Waals surface area contributed by atoms with Gasteiger partial charge in [0.1, 0.15) is 23.9 Å². The van der Waals surface area contributed by atoms with Gasteiger partial charge in [0.05, 0.1) is 12.5 Å². The fraction of sp³-hybridized carbons (Fsp3) is 0.367. The van der Waals surface area contributed by atoms with Gasteiger partial charge in [-0.2, -0.15) is 0 Å². The fourth-order valence-electron chi connectivity index (χ4n) is 4.60. The Morgan fingerprint density at radius 2 is 1.53 bits per heavy atom. The standard InChI is InChI=1S/C30H38N6O7/c1-3-16(2)26(36-27(39)21(31)14-25(32)38)29(41)34-23(12-17-8-10-19(37)11-9-17)28(40)35-24(30(42)43)13-18-15-33-22-7-5-4-6-20(18)22/h4-11,15-16,21,23-24,26,33,37H,3,12-14,31H2,1-2H3,(H2,32,38)(H,34,41)(H,35,40)(H,36,39)(H,42,43). The summed E-state index contributed by atoms with van der Waals surface area (Å²) in [4.78, 5) is 66.2. The van der Waals surface area contributed by atoms with Crippen LogP contribution in [0.5, 0.6) is 5.75 Å². The molecule has 0 saturated heterocycles. The number of rotatable bonds is 15. The molecule has 0 radical (unpaired) electrons. The number of carbonyl (C=O) groups is 5. The molecule has 3 rings (SSSR count). The number of phenols is 1. The van der Waals surface area contributed by atoms with Crippen molar-refractivity contribution in [2.24, 2.45) is 17.4 Å². The summed E-state index contributed by atoms with van der Waals surface area (Å²) in [6, 6.07) is 8.39. The Labute approximate surface area is 248 Å². The molecule has 13 nitrogen and oxygen atoms in total. The molecule has 4 amide bonds. The topological polar surface area (TPSA) is 230 Å². The number of amides is 4. The normalized spacial score (nSPS) is 14.6. The van der Waals surface area contributed by atoms with Gasteiger partial charge in [-0.3, -0.25) is 19.2 Å². The molecule has 2 aromatic carbocycles. The first-order valence-corrected chi connectivity index (χ1v) is 13.9. The van der Waals surface area contributed by atoms with E-state index in [1.54, 1.807) is 25.3 Å². The van der Waals surface area contributed by atoms with Gasteiger partial charge >= 0.3 is 5.97 Å². The highest BCUT2D eigenvalue weighted by atomic mass is 16.4. The van der Waals surface area contributed by atoms with Crippen molar-refractivity contribution < 1.29 is 34.2 Å². The second-order valence-corrected chi connectivity index (χ2v) is 10.5. The van der Waals surface area contributed by atoms with Gasteiger partial charge < -0.3 is 42.6 Å². The predicted octanol–water partition coefficient (Wildman–Crippen LogP) is 0.447. The maximum absolute atomic E-state index is 13.6. The number of para-hydroxylation sites is 1. The van der Waals surface area contributed by atoms with E-state index < -0.39 is 66.1 Å². The largest absolute Gasteiger partial charge is 0.508 e. The number of aromatic nitrogens is 1. The molecule has 3 aromatic rings. The number of hydrogen-bond donors (Lipinski definition) is 8. The van der Waals surface area contributed by atoms with E-state index in [4.69, 9.17) is 11.5 Å². The Kier molecular flexibility index (Phi) is 11.2. The molecule has 0 spiro atoms. The molecule has 10 N–H and O–H groups in total. The minimum Gasteiger partial charge on any atom is -0.508 e. The second-order valence-electron chi connectivity index (χ2n) is 10.5. The van der Waals surface area contributed by atoms with E-state index >= 15 is 0 Å². The Hall–Kier alpha value is -4.91. The predicted molar refractivity (Wildman–Crippen MR) is 158 cm³/mol. The summed E-state index contributed by atoms with van der Waals surface area (Å²) >= 11 is 0. The first-order chi connectivity index (χ1) is 20.4. The summed E-state index contributed by atoms with van der Waals surface area (Å²) in [6.07, 6.45) is 1.68. The van der Waals surface area contributed by atoms with Crippen LogP contribution in [0, 0.1) is 5.92 Å². The highest BCUT2D eigenvalue weighted by Gasteiger charge is 2.33. The molecule has 0 saturated carbocycles. The van der Waals surface area contributed by atoms with Gasteiger partial charge in [0.25, 0.3) is 0 Å². The van der Waals surface area contributed by atoms with Crippen molar-refractivity contribution in [1.29, 1.82) is 0 Å². The third kappa shape index (κ3) is 9.04. The maximum Gasteiger partial charge on any atom is 0.326 e. The average molecular weight is 595 g/mol. The Balaban J connectivity index is 1.84. The van der Waals surface area contributed by atoms with Crippen LogP contribution in [0.4, 0.5) is 0 Å². The molecule has 5 atom stereocenters. The third-order valence-electron chi connectivity index (χ3n) is 7.27. The van der Waals surface area contributed by atoms with E-state index in [1.807, 2.05) is 31.2 Å². The SMILES string of the molecule is CCC(C)C(NC(=O)C(N)CC(N)=O)C(=O)NC(Cc1ccc(O)cc1)C(=O)NC(Cc1c[nH]c2ccccc12)C(=O)O. The van der Waals surface area contributed by atoms with E-state index in [0.717, 1.165) is 10.9 Å². The number of benzene rings is 2. The summed E-state index contributed by atoms with van der Waals surface area (Å²) < 4.78 is 0. The lowest BCUT2D eigenvalue weighted by Crippen LogP contribution is -2.59. The first kappa shape index (κ1) is 32.6. The molecule has 1 aromatic heterocycles. The van der Waals surface area contributed by atoms with E-state index in [-0.39, 0.29) is 18.6 Å². The van der Waals surface area contributed by atoms with Crippen LogP contribution in [0.15, 0.2) is 54.7 Å². The second kappa shape index (κ2) is 14.8. The van der Waals surface area contributed by atoms with Gasteiger partial charge in [-0.1, -0.05) is 50.6 Å². The highest BCUT2D eigenvalue weighted by Crippen LogP contribution is 2.20. The number of nitrogens with one attached hydrogen (secondary N) is 4. The number of hydrogen-bond acceptors (Lipinski definition) is 7. The van der Waals surface area contributed by atoms with E-state index in [0.29, 0.717) is 17.5 Å². The van der Waals surface area contributed by atoms with Crippen LogP contribution >= 0.6 is 0 Å². The number of carbonyl (C=O) groups excluding carboxylic acids is 4. The Morgan fingerprint density at radius 3 is 2.16 bits per heavy atom. The number of aromatic hydroxyl groups is 1. The number of fused-ring (bicyclic) bond motifs is 1. The Morgan fingerprint density at radius 1 is 0.884 bits per heavy atom. The number of carboxylic acids is 1. The number of aliphatic carboxylic acids is 1. The molecule has 0 aliphatic rings. The lowest BCUT2D eigenvalue weighted by molar-refractivity contribution is -0.142. The molecule has 0 bridgehead atoms. The quantitative estimate of drug-likeness (QED) is 0.123. The number of carboxylic acid groups (broad SMARTS) is 1. The number of phenolic OH excluding ortho intramolecular Hbond substituents is 1. The summed E-state index contributed by atoms with van der Waals surface area (Å²) in [5.41, 5.74) is 13.0. The fourth-order valence-corrected chi connectivity index (χ4v) is 4.60. The number of aromatic amines is 1. The summed E-state index contributed by atoms with van der Waals surface area (Å²) in [6.45, 7) is 3.53. The number of nitrogens with two attached hydrogens (primary N) is 2. The maximum atomic E-state index is 13.6. The third-order valence-corrected chi connectivity index (χ3v) is 7.27. The summed E-state index contributed by atoms with van der Waals surface area (Å²) in [5, 5.41) is 28.2. The zero-order chi connectivity index (χ0) is 31.7. The van der Waals surface area contributed by atoms with Crippen LogP contribution in [0.1, 0.15) is 37.8 Å². The molecule has 1 heterocycles. The average Bonchev–Trinajstić information content (AvgIpc) is 3.37. The van der Waals surface area contributed by atoms with Crippen molar-refractivity contribution in [3.63, 3.8) is 0 Å². The number of H-pyrrole nitrogens is 1. The van der Waals surface area contributed by atoms with Gasteiger partial charge in [-0.15, -0.1) is 0 Å². The molecule has 0 fully saturated rings. The molecule has 0 aliphatic carbocycles. The van der Waals surface area contributed by atoms with Gasteiger partial charge in [0.15, 0.2) is 0 Å². The molecule has 5 unspecified atom stereocenters. The van der Waals surface area contributed by atoms with Gasteiger partial charge in [0, 0.05) is 29.9 Å². The highest BCUT2D eigenvalue weighted by molar-refractivity contribution is 5.95. The Bertz CT molecular complexity index is 1450. The van der Waals surface area contributed by atoms with Crippen molar-refractivity contribution in [2.75, 3.05) is 0 Å². The van der Waals surface area contributed by atoms with Gasteiger partial charge in [0.2, 0.25) is 23.6 Å². The lowest BCUT2D eigenvalue weighted by Gasteiger charge is -2.28.